The predicted molar refractivity (Wildman–Crippen MR) is 94.4 cm³/mol. The Morgan fingerprint density at radius 3 is 2.70 bits per heavy atom. The molecule has 0 fully saturated rings. The Bertz CT molecular complexity index is 745. The van der Waals surface area contributed by atoms with Crippen molar-refractivity contribution in [3.63, 3.8) is 0 Å². The molecule has 0 spiro atoms. The first-order chi connectivity index (χ1) is 12.7. The van der Waals surface area contributed by atoms with Crippen molar-refractivity contribution in [3.8, 4) is 0 Å². The van der Waals surface area contributed by atoms with Gasteiger partial charge in [-0.2, -0.15) is 18.3 Å². The number of carboxylic acids is 1. The molecule has 0 aliphatic carbocycles. The second-order valence-corrected chi connectivity index (χ2v) is 7.01. The minimum Gasteiger partial charge on any atom is -0.475 e. The van der Waals surface area contributed by atoms with Gasteiger partial charge in [-0.3, -0.25) is 9.58 Å². The Kier molecular flexibility index (Phi) is 7.40. The maximum absolute atomic E-state index is 10.6. The van der Waals surface area contributed by atoms with E-state index in [4.69, 9.17) is 14.6 Å². The molecule has 0 radical (unpaired) electrons. The lowest BCUT2D eigenvalue weighted by Gasteiger charge is -2.27. The van der Waals surface area contributed by atoms with E-state index in [1.807, 2.05) is 30.0 Å². The summed E-state index contributed by atoms with van der Waals surface area (Å²) < 4.78 is 39.3. The van der Waals surface area contributed by atoms with Crippen molar-refractivity contribution < 1.29 is 27.8 Å². The van der Waals surface area contributed by atoms with Crippen LogP contribution in [-0.4, -0.2) is 45.1 Å². The first-order valence-electron chi connectivity index (χ1n) is 8.38. The second-order valence-electron chi connectivity index (χ2n) is 5.98. The molecule has 1 aliphatic rings. The SMILES string of the molecule is CCOCc1nn(C)c2c1CN(Cc1cccs1)CC2.O=C(O)C(F)(F)F. The Morgan fingerprint density at radius 2 is 2.15 bits per heavy atom. The highest BCUT2D eigenvalue weighted by molar-refractivity contribution is 7.09. The molecule has 0 unspecified atom stereocenters. The number of aliphatic carboxylic acids is 1. The first-order valence-corrected chi connectivity index (χ1v) is 9.26. The maximum atomic E-state index is 10.6. The Labute approximate surface area is 159 Å². The van der Waals surface area contributed by atoms with Gasteiger partial charge in [-0.05, 0) is 18.4 Å². The van der Waals surface area contributed by atoms with Crippen LogP contribution in [0.25, 0.3) is 0 Å². The molecule has 3 heterocycles. The van der Waals surface area contributed by atoms with Crippen LogP contribution in [0.4, 0.5) is 13.2 Å². The van der Waals surface area contributed by atoms with Crippen LogP contribution >= 0.6 is 11.3 Å². The molecule has 0 saturated carbocycles. The number of fused-ring (bicyclic) bond motifs is 1. The fourth-order valence-electron chi connectivity index (χ4n) is 2.80. The molecule has 2 aromatic rings. The van der Waals surface area contributed by atoms with Crippen molar-refractivity contribution in [1.82, 2.24) is 14.7 Å². The highest BCUT2D eigenvalue weighted by atomic mass is 32.1. The number of aromatic nitrogens is 2. The lowest BCUT2D eigenvalue weighted by Crippen LogP contribution is -2.30. The molecular formula is C17H22F3N3O3S. The topological polar surface area (TPSA) is 67.6 Å². The Morgan fingerprint density at radius 1 is 1.44 bits per heavy atom. The largest absolute Gasteiger partial charge is 0.490 e. The van der Waals surface area contributed by atoms with Crippen molar-refractivity contribution in [2.75, 3.05) is 13.2 Å². The van der Waals surface area contributed by atoms with E-state index in [1.165, 1.54) is 16.1 Å². The smallest absolute Gasteiger partial charge is 0.475 e. The van der Waals surface area contributed by atoms with Gasteiger partial charge in [0.2, 0.25) is 0 Å². The molecule has 6 nitrogen and oxygen atoms in total. The summed E-state index contributed by atoms with van der Waals surface area (Å²) in [6, 6.07) is 4.34. The summed E-state index contributed by atoms with van der Waals surface area (Å²) in [6.45, 7) is 6.54. The number of aryl methyl sites for hydroxylation is 1. The Hall–Kier alpha value is -1.91. The van der Waals surface area contributed by atoms with E-state index in [0.717, 1.165) is 38.4 Å². The minimum absolute atomic E-state index is 0.631. The van der Waals surface area contributed by atoms with Crippen molar-refractivity contribution in [1.29, 1.82) is 0 Å². The zero-order valence-corrected chi connectivity index (χ0v) is 15.9. The van der Waals surface area contributed by atoms with Crippen molar-refractivity contribution in [3.05, 3.63) is 39.3 Å². The van der Waals surface area contributed by atoms with Gasteiger partial charge in [0.1, 0.15) is 0 Å². The van der Waals surface area contributed by atoms with Crippen LogP contribution in [0.3, 0.4) is 0 Å². The van der Waals surface area contributed by atoms with E-state index < -0.39 is 12.1 Å². The standard InChI is InChI=1S/C15H21N3OS.C2HF3O2/c1-3-19-11-14-13-10-18(9-12-5-4-8-20-12)7-6-15(13)17(2)16-14;3-2(4,5)1(6)7/h4-5,8H,3,6-7,9-11H2,1-2H3;(H,6,7). The monoisotopic (exact) mass is 405 g/mol. The van der Waals surface area contributed by atoms with E-state index in [9.17, 15) is 13.2 Å². The normalized spacial score (nSPS) is 14.4. The number of carboxylic acid groups (broad SMARTS) is 1. The molecule has 3 rings (SSSR count). The average Bonchev–Trinajstić information content (AvgIpc) is 3.21. The number of alkyl halides is 3. The molecule has 0 saturated heterocycles. The number of halogens is 3. The van der Waals surface area contributed by atoms with Gasteiger partial charge in [0.25, 0.3) is 0 Å². The second kappa shape index (κ2) is 9.34. The number of hydrogen-bond donors (Lipinski definition) is 1. The van der Waals surface area contributed by atoms with E-state index in [1.54, 1.807) is 0 Å². The van der Waals surface area contributed by atoms with Crippen LogP contribution in [0.1, 0.15) is 28.8 Å². The van der Waals surface area contributed by atoms with Crippen molar-refractivity contribution in [2.45, 2.75) is 39.2 Å². The molecule has 0 atom stereocenters. The van der Waals surface area contributed by atoms with E-state index in [2.05, 4.69) is 27.5 Å². The predicted octanol–water partition coefficient (Wildman–Crippen LogP) is 3.21. The van der Waals surface area contributed by atoms with Crippen LogP contribution in [0.2, 0.25) is 0 Å². The third-order valence-corrected chi connectivity index (χ3v) is 4.91. The maximum Gasteiger partial charge on any atom is 0.490 e. The van der Waals surface area contributed by atoms with Crippen LogP contribution < -0.4 is 0 Å². The summed E-state index contributed by atoms with van der Waals surface area (Å²) >= 11 is 1.83. The molecule has 0 bridgehead atoms. The number of thiophene rings is 1. The highest BCUT2D eigenvalue weighted by Crippen LogP contribution is 2.24. The summed E-state index contributed by atoms with van der Waals surface area (Å²) in [5.74, 6) is -2.76. The van der Waals surface area contributed by atoms with Gasteiger partial charge in [0.05, 0.1) is 12.3 Å². The van der Waals surface area contributed by atoms with Gasteiger partial charge in [-0.1, -0.05) is 6.07 Å². The molecule has 27 heavy (non-hydrogen) atoms. The minimum atomic E-state index is -5.08. The van der Waals surface area contributed by atoms with E-state index in [-0.39, 0.29) is 0 Å². The highest BCUT2D eigenvalue weighted by Gasteiger charge is 2.38. The molecule has 0 aromatic carbocycles. The number of rotatable bonds is 5. The molecular weight excluding hydrogens is 383 g/mol. The zero-order chi connectivity index (χ0) is 20.0. The van der Waals surface area contributed by atoms with Gasteiger partial charge in [-0.25, -0.2) is 4.79 Å². The zero-order valence-electron chi connectivity index (χ0n) is 15.1. The Balaban J connectivity index is 0.000000321. The summed E-state index contributed by atoms with van der Waals surface area (Å²) in [5.41, 5.74) is 3.87. The lowest BCUT2D eigenvalue weighted by atomic mass is 10.1. The number of nitrogens with zero attached hydrogens (tertiary/aromatic N) is 3. The number of carbonyl (C=O) groups is 1. The molecule has 2 aromatic heterocycles. The molecule has 10 heteroatoms. The van der Waals surface area contributed by atoms with Gasteiger partial charge in [-0.15, -0.1) is 11.3 Å². The van der Waals surface area contributed by atoms with Gasteiger partial charge in [0, 0.05) is 55.8 Å². The van der Waals surface area contributed by atoms with Gasteiger partial charge >= 0.3 is 12.1 Å². The van der Waals surface area contributed by atoms with E-state index in [0.29, 0.717) is 6.61 Å². The lowest BCUT2D eigenvalue weighted by molar-refractivity contribution is -0.192. The molecule has 1 N–H and O–H groups in total. The number of ether oxygens (including phenoxy) is 1. The summed E-state index contributed by atoms with van der Waals surface area (Å²) in [5, 5.41) is 13.9. The van der Waals surface area contributed by atoms with Crippen LogP contribution in [0, 0.1) is 0 Å². The van der Waals surface area contributed by atoms with Crippen LogP contribution in [0.5, 0.6) is 0 Å². The third kappa shape index (κ3) is 6.05. The quantitative estimate of drug-likeness (QED) is 0.828. The summed E-state index contributed by atoms with van der Waals surface area (Å²) in [4.78, 5) is 12.8. The average molecular weight is 405 g/mol. The molecule has 150 valence electrons. The third-order valence-electron chi connectivity index (χ3n) is 4.05. The van der Waals surface area contributed by atoms with Crippen LogP contribution in [-0.2, 0) is 42.7 Å². The fraction of sp³-hybridized carbons (Fsp3) is 0.529. The first kappa shape index (κ1) is 21.4. The molecule has 1 aliphatic heterocycles. The van der Waals surface area contributed by atoms with Gasteiger partial charge < -0.3 is 9.84 Å². The summed E-state index contributed by atoms with van der Waals surface area (Å²) in [6.07, 6.45) is -4.00. The van der Waals surface area contributed by atoms with Crippen molar-refractivity contribution >= 4 is 17.3 Å². The number of hydrogen-bond acceptors (Lipinski definition) is 5. The fourth-order valence-corrected chi connectivity index (χ4v) is 3.54. The van der Waals surface area contributed by atoms with Crippen LogP contribution in [0.15, 0.2) is 17.5 Å². The van der Waals surface area contributed by atoms with E-state index >= 15 is 0 Å². The van der Waals surface area contributed by atoms with Crippen molar-refractivity contribution in [2.24, 2.45) is 7.05 Å². The molecule has 0 amide bonds. The summed E-state index contributed by atoms with van der Waals surface area (Å²) in [7, 11) is 2.04. The van der Waals surface area contributed by atoms with Gasteiger partial charge in [0.15, 0.2) is 0 Å².